The predicted octanol–water partition coefficient (Wildman–Crippen LogP) is 1.43. The van der Waals surface area contributed by atoms with Gasteiger partial charge in [0.25, 0.3) is 5.91 Å². The molecule has 25 heavy (non-hydrogen) atoms. The van der Waals surface area contributed by atoms with Crippen molar-refractivity contribution >= 4 is 11.8 Å². The summed E-state index contributed by atoms with van der Waals surface area (Å²) in [6.45, 7) is 1.81. The molecule has 1 N–H and O–H groups in total. The van der Waals surface area contributed by atoms with Crippen molar-refractivity contribution < 1.29 is 19.2 Å². The van der Waals surface area contributed by atoms with Gasteiger partial charge in [-0.3, -0.25) is 9.59 Å². The lowest BCUT2D eigenvalue weighted by molar-refractivity contribution is -0.212. The lowest BCUT2D eigenvalue weighted by Crippen LogP contribution is -2.46. The molecule has 8 nitrogen and oxygen atoms in total. The third-order valence-corrected chi connectivity index (χ3v) is 3.25. The van der Waals surface area contributed by atoms with Gasteiger partial charge in [-0.25, -0.2) is 20.2 Å². The summed E-state index contributed by atoms with van der Waals surface area (Å²) in [6.07, 6.45) is 4.69. The Kier molecular flexibility index (Phi) is 6.85. The van der Waals surface area contributed by atoms with E-state index >= 15 is 0 Å². The largest absolute Gasteiger partial charge is 0.497 e. The Morgan fingerprint density at radius 2 is 1.80 bits per heavy atom. The van der Waals surface area contributed by atoms with Gasteiger partial charge in [0.2, 0.25) is 5.91 Å². The van der Waals surface area contributed by atoms with Gasteiger partial charge in [0.05, 0.1) is 13.5 Å². The van der Waals surface area contributed by atoms with Crippen molar-refractivity contribution in [2.45, 2.75) is 26.4 Å². The number of carbonyl (C=O) groups is 2. The van der Waals surface area contributed by atoms with Gasteiger partial charge >= 0.3 is 0 Å². The maximum Gasteiger partial charge on any atom is 0.266 e. The number of hydrogen-bond acceptors (Lipinski definition) is 6. The molecule has 1 aromatic carbocycles. The topological polar surface area (TPSA) is 93.7 Å². The van der Waals surface area contributed by atoms with Crippen LogP contribution in [0.25, 0.3) is 0 Å². The number of rotatable bonds is 7. The second-order valence-corrected chi connectivity index (χ2v) is 5.12. The predicted molar refractivity (Wildman–Crippen MR) is 88.8 cm³/mol. The van der Waals surface area contributed by atoms with E-state index in [1.165, 1.54) is 18.7 Å². The van der Waals surface area contributed by atoms with Crippen LogP contribution in [0.15, 0.2) is 43.0 Å². The molecule has 2 amide bonds. The smallest absolute Gasteiger partial charge is 0.266 e. The van der Waals surface area contributed by atoms with E-state index in [-0.39, 0.29) is 25.4 Å². The fourth-order valence-corrected chi connectivity index (χ4v) is 1.93. The fraction of sp³-hybridized carbons (Fsp3) is 0.294. The SMILES string of the molecule is CCC(=O)N(NC(=O)Cc1cncnc1)OCc1ccc(OC)cc1. The molecule has 0 atom stereocenters. The first-order valence-electron chi connectivity index (χ1n) is 7.74. The summed E-state index contributed by atoms with van der Waals surface area (Å²) in [5, 5.41) is 0.871. The first-order valence-corrected chi connectivity index (χ1v) is 7.74. The summed E-state index contributed by atoms with van der Waals surface area (Å²) >= 11 is 0. The number of nitrogens with zero attached hydrogens (tertiary/aromatic N) is 3. The average Bonchev–Trinajstić information content (AvgIpc) is 2.65. The highest BCUT2D eigenvalue weighted by Crippen LogP contribution is 2.12. The molecular formula is C17H20N4O4. The zero-order valence-corrected chi connectivity index (χ0v) is 14.1. The van der Waals surface area contributed by atoms with E-state index in [0.29, 0.717) is 5.56 Å². The van der Waals surface area contributed by atoms with Crippen LogP contribution in [0.1, 0.15) is 24.5 Å². The number of ether oxygens (including phenoxy) is 1. The zero-order valence-electron chi connectivity index (χ0n) is 14.1. The van der Waals surface area contributed by atoms with E-state index in [1.54, 1.807) is 26.2 Å². The minimum absolute atomic E-state index is 0.0419. The minimum Gasteiger partial charge on any atom is -0.497 e. The molecule has 8 heteroatoms. The number of hydroxylamine groups is 1. The van der Waals surface area contributed by atoms with E-state index < -0.39 is 5.91 Å². The lowest BCUT2D eigenvalue weighted by Gasteiger charge is -2.21. The molecule has 132 valence electrons. The van der Waals surface area contributed by atoms with E-state index in [2.05, 4.69) is 15.4 Å². The molecule has 0 fully saturated rings. The summed E-state index contributed by atoms with van der Waals surface area (Å²) in [5.41, 5.74) is 3.92. The molecule has 0 radical (unpaired) electrons. The van der Waals surface area contributed by atoms with Crippen molar-refractivity contribution in [3.8, 4) is 5.75 Å². The molecule has 0 aliphatic heterocycles. The Morgan fingerprint density at radius 1 is 1.12 bits per heavy atom. The lowest BCUT2D eigenvalue weighted by atomic mass is 10.2. The third kappa shape index (κ3) is 5.85. The van der Waals surface area contributed by atoms with Crippen LogP contribution in [0.3, 0.4) is 0 Å². The average molecular weight is 344 g/mol. The number of nitrogens with one attached hydrogen (secondary N) is 1. The van der Waals surface area contributed by atoms with E-state index in [0.717, 1.165) is 16.5 Å². The van der Waals surface area contributed by atoms with Gasteiger partial charge < -0.3 is 4.74 Å². The van der Waals surface area contributed by atoms with Crippen molar-refractivity contribution in [2.75, 3.05) is 7.11 Å². The first-order chi connectivity index (χ1) is 12.1. The van der Waals surface area contributed by atoms with E-state index in [1.807, 2.05) is 12.1 Å². The van der Waals surface area contributed by atoms with Gasteiger partial charge in [-0.15, -0.1) is 5.17 Å². The number of hydrazine groups is 1. The number of carbonyl (C=O) groups excluding carboxylic acids is 2. The van der Waals surface area contributed by atoms with Gasteiger partial charge in [-0.2, -0.15) is 0 Å². The zero-order chi connectivity index (χ0) is 18.1. The van der Waals surface area contributed by atoms with Crippen molar-refractivity contribution in [1.29, 1.82) is 0 Å². The Bertz CT molecular complexity index is 692. The molecule has 1 heterocycles. The molecule has 0 aliphatic rings. The maximum atomic E-state index is 12.1. The molecule has 0 saturated carbocycles. The third-order valence-electron chi connectivity index (χ3n) is 3.25. The molecule has 0 bridgehead atoms. The number of aromatic nitrogens is 2. The molecule has 0 unspecified atom stereocenters. The quantitative estimate of drug-likeness (QED) is 0.764. The van der Waals surface area contributed by atoms with Crippen LogP contribution in [-0.4, -0.2) is 34.1 Å². The molecule has 2 rings (SSSR count). The Hall–Kier alpha value is -3.00. The van der Waals surface area contributed by atoms with Gasteiger partial charge in [-0.05, 0) is 23.3 Å². The van der Waals surface area contributed by atoms with Crippen LogP contribution in [0.5, 0.6) is 5.75 Å². The molecule has 2 aromatic rings. The van der Waals surface area contributed by atoms with Crippen LogP contribution >= 0.6 is 0 Å². The molecule has 1 aromatic heterocycles. The Morgan fingerprint density at radius 3 is 2.40 bits per heavy atom. The van der Waals surface area contributed by atoms with Crippen molar-refractivity contribution in [3.63, 3.8) is 0 Å². The summed E-state index contributed by atoms with van der Waals surface area (Å²) in [5.74, 6) is -0.0267. The standard InChI is InChI=1S/C17H20N4O4/c1-3-17(23)21(20-16(22)8-14-9-18-12-19-10-14)25-11-13-4-6-15(24-2)7-5-13/h4-7,9-10,12H,3,8,11H2,1-2H3,(H,20,22). The van der Waals surface area contributed by atoms with Gasteiger partial charge in [0.15, 0.2) is 0 Å². The summed E-state index contributed by atoms with van der Waals surface area (Å²) in [4.78, 5) is 37.2. The molecule has 0 spiro atoms. The normalized spacial score (nSPS) is 10.2. The second-order valence-electron chi connectivity index (χ2n) is 5.12. The first kappa shape index (κ1) is 18.3. The van der Waals surface area contributed by atoms with Gasteiger partial charge in [0.1, 0.15) is 18.7 Å². The summed E-state index contributed by atoms with van der Waals surface area (Å²) in [7, 11) is 1.58. The highest BCUT2D eigenvalue weighted by Gasteiger charge is 2.16. The van der Waals surface area contributed by atoms with Crippen molar-refractivity contribution in [2.24, 2.45) is 0 Å². The van der Waals surface area contributed by atoms with Crippen LogP contribution in [-0.2, 0) is 27.5 Å². The highest BCUT2D eigenvalue weighted by molar-refractivity contribution is 5.82. The monoisotopic (exact) mass is 344 g/mol. The van der Waals surface area contributed by atoms with Crippen LogP contribution in [0.4, 0.5) is 0 Å². The van der Waals surface area contributed by atoms with Gasteiger partial charge in [-0.1, -0.05) is 19.1 Å². The number of benzene rings is 1. The highest BCUT2D eigenvalue weighted by atomic mass is 16.7. The Labute approximate surface area is 145 Å². The summed E-state index contributed by atoms with van der Waals surface area (Å²) < 4.78 is 5.09. The second kappa shape index (κ2) is 9.33. The molecular weight excluding hydrogens is 324 g/mol. The van der Waals surface area contributed by atoms with Crippen LogP contribution < -0.4 is 10.2 Å². The Balaban J connectivity index is 1.93. The van der Waals surface area contributed by atoms with E-state index in [9.17, 15) is 9.59 Å². The van der Waals surface area contributed by atoms with Crippen LogP contribution in [0, 0.1) is 0 Å². The van der Waals surface area contributed by atoms with Gasteiger partial charge in [0, 0.05) is 18.8 Å². The fourth-order valence-electron chi connectivity index (χ4n) is 1.93. The van der Waals surface area contributed by atoms with Crippen molar-refractivity contribution in [1.82, 2.24) is 20.6 Å². The number of methoxy groups -OCH3 is 1. The maximum absolute atomic E-state index is 12.1. The molecule has 0 aliphatic carbocycles. The number of amides is 2. The number of hydrogen-bond donors (Lipinski definition) is 1. The summed E-state index contributed by atoms with van der Waals surface area (Å²) in [6, 6.07) is 7.21. The van der Waals surface area contributed by atoms with Crippen LogP contribution in [0.2, 0.25) is 0 Å². The molecule has 0 saturated heterocycles. The minimum atomic E-state index is -0.397. The van der Waals surface area contributed by atoms with Crippen molar-refractivity contribution in [3.05, 3.63) is 54.1 Å². The van der Waals surface area contributed by atoms with E-state index in [4.69, 9.17) is 9.57 Å².